The normalized spacial score (nSPS) is 15.6. The Morgan fingerprint density at radius 1 is 1.41 bits per heavy atom. The van der Waals surface area contributed by atoms with Crippen molar-refractivity contribution >= 4 is 16.8 Å². The van der Waals surface area contributed by atoms with Gasteiger partial charge in [-0.25, -0.2) is 4.98 Å². The molecule has 0 bridgehead atoms. The maximum absolute atomic E-state index is 11.4. The van der Waals surface area contributed by atoms with Crippen molar-refractivity contribution in [1.82, 2.24) is 9.55 Å². The van der Waals surface area contributed by atoms with Crippen LogP contribution in [-0.4, -0.2) is 28.5 Å². The van der Waals surface area contributed by atoms with E-state index in [1.165, 1.54) is 0 Å². The summed E-state index contributed by atoms with van der Waals surface area (Å²) >= 11 is 0. The van der Waals surface area contributed by atoms with Crippen molar-refractivity contribution in [2.75, 3.05) is 13.2 Å². The van der Waals surface area contributed by atoms with E-state index in [1.807, 2.05) is 18.2 Å². The molecule has 0 N–H and O–H groups in total. The minimum absolute atomic E-state index is 0.0901. The summed E-state index contributed by atoms with van der Waals surface area (Å²) in [6.07, 6.45) is 0.837. The van der Waals surface area contributed by atoms with Gasteiger partial charge in [-0.3, -0.25) is 4.79 Å². The average Bonchev–Trinajstić information content (AvgIpc) is 2.51. The molecule has 2 aromatic rings. The molecule has 4 heteroatoms. The number of Topliss-reactive ketones (excluding diaryl/α,β-unsaturated/α-hetero) is 1. The van der Waals surface area contributed by atoms with E-state index < -0.39 is 0 Å². The summed E-state index contributed by atoms with van der Waals surface area (Å²) in [6, 6.07) is 5.70. The monoisotopic (exact) mass is 230 g/mol. The topological polar surface area (TPSA) is 44.1 Å². The molecule has 0 spiro atoms. The van der Waals surface area contributed by atoms with Crippen molar-refractivity contribution in [3.63, 3.8) is 0 Å². The summed E-state index contributed by atoms with van der Waals surface area (Å²) in [6.45, 7) is 3.84. The van der Waals surface area contributed by atoms with Gasteiger partial charge in [-0.05, 0) is 25.1 Å². The third-order valence-corrected chi connectivity index (χ3v) is 3.16. The van der Waals surface area contributed by atoms with Gasteiger partial charge in [-0.15, -0.1) is 0 Å². The third kappa shape index (κ3) is 1.74. The first-order chi connectivity index (χ1) is 8.25. The van der Waals surface area contributed by atoms with E-state index in [0.29, 0.717) is 6.61 Å². The number of ether oxygens (including phenoxy) is 1. The molecule has 1 aliphatic rings. The van der Waals surface area contributed by atoms with Crippen LogP contribution in [0.5, 0.6) is 0 Å². The van der Waals surface area contributed by atoms with Crippen LogP contribution in [0.3, 0.4) is 0 Å². The molecule has 1 aromatic heterocycles. The first kappa shape index (κ1) is 10.5. The van der Waals surface area contributed by atoms with Crippen molar-refractivity contribution in [2.45, 2.75) is 19.9 Å². The highest BCUT2D eigenvalue weighted by atomic mass is 16.5. The van der Waals surface area contributed by atoms with Crippen LogP contribution < -0.4 is 0 Å². The number of hydrogen-bond donors (Lipinski definition) is 0. The van der Waals surface area contributed by atoms with E-state index >= 15 is 0 Å². The Balaban J connectivity index is 2.20. The second-order valence-corrected chi connectivity index (χ2v) is 4.30. The van der Waals surface area contributed by atoms with E-state index in [0.717, 1.165) is 42.0 Å². The van der Waals surface area contributed by atoms with Crippen molar-refractivity contribution in [3.05, 3.63) is 29.6 Å². The lowest BCUT2D eigenvalue weighted by atomic mass is 10.1. The Kier molecular flexibility index (Phi) is 2.44. The Labute approximate surface area is 99.2 Å². The van der Waals surface area contributed by atoms with E-state index in [2.05, 4.69) is 9.55 Å². The molecule has 0 unspecified atom stereocenters. The summed E-state index contributed by atoms with van der Waals surface area (Å²) in [4.78, 5) is 16.0. The number of carbonyl (C=O) groups excluding carboxylic acids is 1. The molecule has 88 valence electrons. The third-order valence-electron chi connectivity index (χ3n) is 3.16. The first-order valence-corrected chi connectivity index (χ1v) is 5.83. The average molecular weight is 230 g/mol. The van der Waals surface area contributed by atoms with Gasteiger partial charge in [0.2, 0.25) is 0 Å². The fourth-order valence-corrected chi connectivity index (χ4v) is 2.25. The minimum atomic E-state index is 0.0901. The summed E-state index contributed by atoms with van der Waals surface area (Å²) < 4.78 is 7.60. The number of benzene rings is 1. The maximum Gasteiger partial charge on any atom is 0.159 e. The van der Waals surface area contributed by atoms with Gasteiger partial charge in [0.15, 0.2) is 5.78 Å². The van der Waals surface area contributed by atoms with Crippen LogP contribution in [0.4, 0.5) is 0 Å². The lowest BCUT2D eigenvalue weighted by Gasteiger charge is -2.04. The molecule has 0 fully saturated rings. The Hall–Kier alpha value is -1.68. The minimum Gasteiger partial charge on any atom is -0.379 e. The molecule has 0 saturated carbocycles. The molecule has 0 amide bonds. The summed E-state index contributed by atoms with van der Waals surface area (Å²) in [7, 11) is 0. The molecular weight excluding hydrogens is 216 g/mol. The largest absolute Gasteiger partial charge is 0.379 e. The van der Waals surface area contributed by atoms with Crippen LogP contribution in [0, 0.1) is 0 Å². The Bertz CT molecular complexity index is 586. The van der Waals surface area contributed by atoms with E-state index in [9.17, 15) is 4.79 Å². The van der Waals surface area contributed by atoms with Crippen LogP contribution in [0.1, 0.15) is 23.1 Å². The summed E-state index contributed by atoms with van der Waals surface area (Å²) in [5, 5.41) is 0. The molecule has 1 aromatic carbocycles. The van der Waals surface area contributed by atoms with Gasteiger partial charge >= 0.3 is 0 Å². The number of ketones is 1. The lowest BCUT2D eigenvalue weighted by molar-refractivity contribution is 0.101. The van der Waals surface area contributed by atoms with E-state index in [-0.39, 0.29) is 5.78 Å². The highest BCUT2D eigenvalue weighted by molar-refractivity contribution is 5.97. The lowest BCUT2D eigenvalue weighted by Crippen LogP contribution is -2.03. The van der Waals surface area contributed by atoms with Crippen molar-refractivity contribution < 1.29 is 9.53 Å². The van der Waals surface area contributed by atoms with Gasteiger partial charge in [0.25, 0.3) is 0 Å². The number of rotatable bonds is 1. The van der Waals surface area contributed by atoms with E-state index in [4.69, 9.17) is 4.74 Å². The molecule has 1 aliphatic heterocycles. The number of imidazole rings is 1. The van der Waals surface area contributed by atoms with Gasteiger partial charge in [0.1, 0.15) is 5.82 Å². The SMILES string of the molecule is CC(=O)c1ccc2nc3n(c2c1)CCOCC3. The fraction of sp³-hybridized carbons (Fsp3) is 0.385. The predicted octanol–water partition coefficient (Wildman–Crippen LogP) is 1.81. The van der Waals surface area contributed by atoms with Crippen LogP contribution in [-0.2, 0) is 17.7 Å². The van der Waals surface area contributed by atoms with Gasteiger partial charge in [0.05, 0.1) is 24.2 Å². The number of nitrogens with zero attached hydrogens (tertiary/aromatic N) is 2. The zero-order chi connectivity index (χ0) is 11.8. The molecule has 0 radical (unpaired) electrons. The van der Waals surface area contributed by atoms with Crippen LogP contribution in [0.15, 0.2) is 18.2 Å². The van der Waals surface area contributed by atoms with Crippen LogP contribution in [0.25, 0.3) is 11.0 Å². The molecular formula is C13H14N2O2. The molecule has 17 heavy (non-hydrogen) atoms. The second kappa shape index (κ2) is 3.96. The van der Waals surface area contributed by atoms with Crippen molar-refractivity contribution in [3.8, 4) is 0 Å². The van der Waals surface area contributed by atoms with E-state index in [1.54, 1.807) is 6.92 Å². The zero-order valence-electron chi connectivity index (χ0n) is 9.77. The number of aromatic nitrogens is 2. The standard InChI is InChI=1S/C13H14N2O2/c1-9(16)10-2-3-11-12(8-10)15-5-7-17-6-4-13(15)14-11/h2-3,8H,4-7H2,1H3. The second-order valence-electron chi connectivity index (χ2n) is 4.30. The van der Waals surface area contributed by atoms with Crippen LogP contribution in [0.2, 0.25) is 0 Å². The fourth-order valence-electron chi connectivity index (χ4n) is 2.25. The van der Waals surface area contributed by atoms with Crippen molar-refractivity contribution in [1.29, 1.82) is 0 Å². The number of carbonyl (C=O) groups is 1. The molecule has 3 rings (SSSR count). The smallest absolute Gasteiger partial charge is 0.159 e. The molecule has 0 atom stereocenters. The summed E-state index contributed by atoms with van der Waals surface area (Å²) in [5.74, 6) is 1.14. The number of fused-ring (bicyclic) bond motifs is 3. The molecule has 4 nitrogen and oxygen atoms in total. The highest BCUT2D eigenvalue weighted by Crippen LogP contribution is 2.20. The Morgan fingerprint density at radius 3 is 3.12 bits per heavy atom. The van der Waals surface area contributed by atoms with Gasteiger partial charge in [-0.2, -0.15) is 0 Å². The van der Waals surface area contributed by atoms with Gasteiger partial charge < -0.3 is 9.30 Å². The highest BCUT2D eigenvalue weighted by Gasteiger charge is 2.14. The zero-order valence-corrected chi connectivity index (χ0v) is 9.77. The maximum atomic E-state index is 11.4. The summed E-state index contributed by atoms with van der Waals surface area (Å²) in [5.41, 5.74) is 2.75. The van der Waals surface area contributed by atoms with Crippen molar-refractivity contribution in [2.24, 2.45) is 0 Å². The quantitative estimate of drug-likeness (QED) is 0.702. The molecule has 0 saturated heterocycles. The molecule has 2 heterocycles. The predicted molar refractivity (Wildman–Crippen MR) is 64.3 cm³/mol. The first-order valence-electron chi connectivity index (χ1n) is 5.83. The Morgan fingerprint density at radius 2 is 2.29 bits per heavy atom. The van der Waals surface area contributed by atoms with Gasteiger partial charge in [-0.1, -0.05) is 0 Å². The number of hydrogen-bond acceptors (Lipinski definition) is 3. The van der Waals surface area contributed by atoms with Gasteiger partial charge in [0, 0.05) is 18.5 Å². The van der Waals surface area contributed by atoms with Crippen LogP contribution >= 0.6 is 0 Å². The molecule has 0 aliphatic carbocycles.